The summed E-state index contributed by atoms with van der Waals surface area (Å²) < 4.78 is 34.8. The molecule has 0 amide bonds. The summed E-state index contributed by atoms with van der Waals surface area (Å²) in [5, 5.41) is 0.856. The molecular formula is C21H24F2N4O2. The van der Waals surface area contributed by atoms with Gasteiger partial charge in [0.15, 0.2) is 0 Å². The smallest absolute Gasteiger partial charge is 0.257 e. The molecule has 0 aliphatic carbocycles. The van der Waals surface area contributed by atoms with Crippen LogP contribution in [-0.2, 0) is 20.1 Å². The van der Waals surface area contributed by atoms with E-state index in [2.05, 4.69) is 9.88 Å². The molecule has 29 heavy (non-hydrogen) atoms. The van der Waals surface area contributed by atoms with E-state index in [1.165, 1.54) is 10.9 Å². The van der Waals surface area contributed by atoms with E-state index in [1.54, 1.807) is 24.0 Å². The van der Waals surface area contributed by atoms with Crippen LogP contribution in [-0.4, -0.2) is 44.6 Å². The highest BCUT2D eigenvalue weighted by atomic mass is 19.3. The van der Waals surface area contributed by atoms with E-state index in [4.69, 9.17) is 4.74 Å². The number of benzene rings is 1. The summed E-state index contributed by atoms with van der Waals surface area (Å²) in [6.07, 6.45) is 4.18. The summed E-state index contributed by atoms with van der Waals surface area (Å²) in [5.74, 6) is 0.732. The van der Waals surface area contributed by atoms with Gasteiger partial charge < -0.3 is 13.9 Å². The number of nitrogens with zero attached hydrogens (tertiary/aromatic N) is 4. The van der Waals surface area contributed by atoms with E-state index >= 15 is 0 Å². The molecule has 0 N–H and O–H groups in total. The monoisotopic (exact) mass is 402 g/mol. The van der Waals surface area contributed by atoms with E-state index in [9.17, 15) is 13.6 Å². The first-order valence-electron chi connectivity index (χ1n) is 9.76. The molecule has 0 saturated carbocycles. The SMILES string of the molecule is Cn1cncc(CN2CCC(Oc3cccc4c3ccn4CC(F)F)CC2)c1=O. The van der Waals surface area contributed by atoms with Gasteiger partial charge >= 0.3 is 0 Å². The predicted octanol–water partition coefficient (Wildman–Crippen LogP) is 3.04. The first kappa shape index (κ1) is 19.6. The van der Waals surface area contributed by atoms with Gasteiger partial charge in [0.05, 0.1) is 18.4 Å². The average Bonchev–Trinajstić information content (AvgIpc) is 3.10. The Kier molecular flexibility index (Phi) is 5.62. The van der Waals surface area contributed by atoms with Crippen molar-refractivity contribution in [3.8, 4) is 5.75 Å². The minimum atomic E-state index is -2.39. The van der Waals surface area contributed by atoms with Gasteiger partial charge in [0, 0.05) is 50.0 Å². The Morgan fingerprint density at radius 2 is 2.03 bits per heavy atom. The Hall–Kier alpha value is -2.74. The molecule has 0 atom stereocenters. The van der Waals surface area contributed by atoms with Gasteiger partial charge in [0.25, 0.3) is 12.0 Å². The largest absolute Gasteiger partial charge is 0.490 e. The van der Waals surface area contributed by atoms with E-state index in [0.717, 1.165) is 42.6 Å². The Bertz CT molecular complexity index is 1040. The predicted molar refractivity (Wildman–Crippen MR) is 106 cm³/mol. The fourth-order valence-electron chi connectivity index (χ4n) is 3.88. The van der Waals surface area contributed by atoms with Crippen molar-refractivity contribution in [1.82, 2.24) is 19.0 Å². The number of hydrogen-bond acceptors (Lipinski definition) is 4. The van der Waals surface area contributed by atoms with Crippen molar-refractivity contribution in [3.63, 3.8) is 0 Å². The standard InChI is InChI=1S/C21H24F2N4O2/c1-25-14-24-11-15(21(25)28)12-26-8-5-16(6-9-26)29-19-4-2-3-18-17(19)7-10-27(18)13-20(22)23/h2-4,7,10-11,14,16,20H,5-6,8-9,12-13H2,1H3. The quantitative estimate of drug-likeness (QED) is 0.636. The van der Waals surface area contributed by atoms with Crippen LogP contribution in [0.25, 0.3) is 10.9 Å². The topological polar surface area (TPSA) is 52.3 Å². The minimum absolute atomic E-state index is 0.0154. The van der Waals surface area contributed by atoms with Gasteiger partial charge in [-0.25, -0.2) is 13.8 Å². The highest BCUT2D eigenvalue weighted by molar-refractivity contribution is 5.86. The van der Waals surface area contributed by atoms with Gasteiger partial charge in [-0.15, -0.1) is 0 Å². The van der Waals surface area contributed by atoms with Crippen molar-refractivity contribution in [3.05, 3.63) is 58.9 Å². The van der Waals surface area contributed by atoms with Crippen molar-refractivity contribution in [2.75, 3.05) is 13.1 Å². The molecule has 3 aromatic rings. The van der Waals surface area contributed by atoms with Crippen LogP contribution in [0.1, 0.15) is 18.4 Å². The molecule has 1 aromatic carbocycles. The average molecular weight is 402 g/mol. The summed E-state index contributed by atoms with van der Waals surface area (Å²) in [4.78, 5) is 18.5. The lowest BCUT2D eigenvalue weighted by Crippen LogP contribution is -2.39. The summed E-state index contributed by atoms with van der Waals surface area (Å²) >= 11 is 0. The molecule has 6 nitrogen and oxygen atoms in total. The molecule has 4 rings (SSSR count). The first-order chi connectivity index (χ1) is 14.0. The van der Waals surface area contributed by atoms with Crippen LogP contribution in [0.5, 0.6) is 5.75 Å². The number of piperidine rings is 1. The van der Waals surface area contributed by atoms with Crippen molar-refractivity contribution >= 4 is 10.9 Å². The van der Waals surface area contributed by atoms with Gasteiger partial charge in [-0.3, -0.25) is 9.69 Å². The van der Waals surface area contributed by atoms with E-state index in [0.29, 0.717) is 12.1 Å². The molecule has 8 heteroatoms. The van der Waals surface area contributed by atoms with Gasteiger partial charge in [-0.05, 0) is 31.0 Å². The van der Waals surface area contributed by atoms with E-state index < -0.39 is 6.43 Å². The van der Waals surface area contributed by atoms with Gasteiger partial charge in [-0.2, -0.15) is 0 Å². The van der Waals surface area contributed by atoms with Crippen LogP contribution in [0.3, 0.4) is 0 Å². The highest BCUT2D eigenvalue weighted by Gasteiger charge is 2.22. The maximum atomic E-state index is 12.8. The van der Waals surface area contributed by atoms with Crippen LogP contribution in [0, 0.1) is 0 Å². The number of ether oxygens (including phenoxy) is 1. The number of hydrogen-bond donors (Lipinski definition) is 0. The van der Waals surface area contributed by atoms with Crippen LogP contribution in [0.4, 0.5) is 8.78 Å². The Balaban J connectivity index is 1.39. The molecule has 0 radical (unpaired) electrons. The Labute approximate surface area is 167 Å². The van der Waals surface area contributed by atoms with Crippen molar-refractivity contribution in [2.24, 2.45) is 7.05 Å². The fraction of sp³-hybridized carbons (Fsp3) is 0.429. The zero-order valence-corrected chi connectivity index (χ0v) is 16.3. The van der Waals surface area contributed by atoms with E-state index in [-0.39, 0.29) is 18.2 Å². The third-order valence-electron chi connectivity index (χ3n) is 5.40. The van der Waals surface area contributed by atoms with Gasteiger partial charge in [0.1, 0.15) is 11.9 Å². The molecule has 1 saturated heterocycles. The number of likely N-dealkylation sites (tertiary alicyclic amines) is 1. The van der Waals surface area contributed by atoms with Gasteiger partial charge in [-0.1, -0.05) is 6.07 Å². The normalized spacial score (nSPS) is 16.0. The van der Waals surface area contributed by atoms with Crippen LogP contribution >= 0.6 is 0 Å². The second-order valence-electron chi connectivity index (χ2n) is 7.48. The van der Waals surface area contributed by atoms with Gasteiger partial charge in [0.2, 0.25) is 0 Å². The second kappa shape index (κ2) is 8.32. The summed E-state index contributed by atoms with van der Waals surface area (Å²) in [5.41, 5.74) is 1.44. The zero-order valence-electron chi connectivity index (χ0n) is 16.3. The summed E-state index contributed by atoms with van der Waals surface area (Å²) in [6, 6.07) is 7.40. The third-order valence-corrected chi connectivity index (χ3v) is 5.40. The number of fused-ring (bicyclic) bond motifs is 1. The lowest BCUT2D eigenvalue weighted by Gasteiger charge is -2.32. The maximum Gasteiger partial charge on any atom is 0.257 e. The molecule has 0 unspecified atom stereocenters. The third kappa shape index (κ3) is 4.32. The molecule has 0 spiro atoms. The molecular weight excluding hydrogens is 378 g/mol. The molecule has 1 fully saturated rings. The number of halogens is 2. The van der Waals surface area contributed by atoms with Crippen molar-refractivity contribution in [1.29, 1.82) is 0 Å². The number of aryl methyl sites for hydroxylation is 1. The Morgan fingerprint density at radius 3 is 2.79 bits per heavy atom. The van der Waals surface area contributed by atoms with Crippen LogP contribution < -0.4 is 10.3 Å². The van der Waals surface area contributed by atoms with Crippen molar-refractivity contribution < 1.29 is 13.5 Å². The molecule has 0 bridgehead atoms. The second-order valence-corrected chi connectivity index (χ2v) is 7.48. The first-order valence-corrected chi connectivity index (χ1v) is 9.76. The maximum absolute atomic E-state index is 12.8. The lowest BCUT2D eigenvalue weighted by atomic mass is 10.1. The van der Waals surface area contributed by atoms with E-state index in [1.807, 2.05) is 24.3 Å². The molecule has 1 aliphatic heterocycles. The molecule has 154 valence electrons. The number of rotatable bonds is 6. The number of aromatic nitrogens is 3. The summed E-state index contributed by atoms with van der Waals surface area (Å²) in [6.45, 7) is 1.91. The highest BCUT2D eigenvalue weighted by Crippen LogP contribution is 2.29. The zero-order chi connectivity index (χ0) is 20.4. The fourth-order valence-corrected chi connectivity index (χ4v) is 3.88. The molecule has 1 aliphatic rings. The molecule has 2 aromatic heterocycles. The summed E-state index contributed by atoms with van der Waals surface area (Å²) in [7, 11) is 1.70. The lowest BCUT2D eigenvalue weighted by molar-refractivity contribution is 0.0976. The minimum Gasteiger partial charge on any atom is -0.490 e. The van der Waals surface area contributed by atoms with Crippen molar-refractivity contribution in [2.45, 2.75) is 38.5 Å². The Morgan fingerprint density at radius 1 is 1.24 bits per heavy atom. The molecule has 3 heterocycles. The van der Waals surface area contributed by atoms with Crippen LogP contribution in [0.15, 0.2) is 47.8 Å². The number of alkyl halides is 2. The van der Waals surface area contributed by atoms with Crippen LogP contribution in [0.2, 0.25) is 0 Å².